The van der Waals surface area contributed by atoms with E-state index in [1.165, 1.54) is 0 Å². The highest BCUT2D eigenvalue weighted by Gasteiger charge is 2.09. The Morgan fingerprint density at radius 3 is 2.50 bits per heavy atom. The minimum Gasteiger partial charge on any atom is -0.330 e. The van der Waals surface area contributed by atoms with Gasteiger partial charge in [0, 0.05) is 23.5 Å². The van der Waals surface area contributed by atoms with E-state index >= 15 is 0 Å². The summed E-state index contributed by atoms with van der Waals surface area (Å²) >= 11 is 0. The molecule has 0 aliphatic heterocycles. The van der Waals surface area contributed by atoms with E-state index in [0.717, 1.165) is 17.5 Å². The monoisotopic (exact) mass is 240 g/mol. The molecule has 0 saturated carbocycles. The number of nitrogens with two attached hydrogens (primary N) is 1. The molecule has 18 heavy (non-hydrogen) atoms. The van der Waals surface area contributed by atoms with Crippen molar-refractivity contribution in [3.63, 3.8) is 0 Å². The van der Waals surface area contributed by atoms with Crippen LogP contribution in [-0.2, 0) is 6.42 Å². The van der Waals surface area contributed by atoms with Crippen LogP contribution in [-0.4, -0.2) is 17.3 Å². The second-order valence-electron chi connectivity index (χ2n) is 4.32. The van der Waals surface area contributed by atoms with Gasteiger partial charge in [-0.05, 0) is 37.1 Å². The van der Waals surface area contributed by atoms with E-state index in [2.05, 4.69) is 4.98 Å². The van der Waals surface area contributed by atoms with Crippen LogP contribution in [0.15, 0.2) is 42.7 Å². The van der Waals surface area contributed by atoms with Crippen LogP contribution in [0, 0.1) is 6.92 Å². The highest BCUT2D eigenvalue weighted by atomic mass is 16.1. The van der Waals surface area contributed by atoms with Crippen molar-refractivity contribution in [3.05, 3.63) is 65.0 Å². The lowest BCUT2D eigenvalue weighted by Gasteiger charge is -2.03. The van der Waals surface area contributed by atoms with E-state index in [9.17, 15) is 4.79 Å². The van der Waals surface area contributed by atoms with Crippen LogP contribution in [0.1, 0.15) is 27.0 Å². The summed E-state index contributed by atoms with van der Waals surface area (Å²) in [4.78, 5) is 16.2. The zero-order chi connectivity index (χ0) is 13.0. The van der Waals surface area contributed by atoms with Gasteiger partial charge in [0.15, 0.2) is 5.78 Å². The molecule has 0 amide bonds. The number of ketones is 1. The molecule has 0 aliphatic carbocycles. The fourth-order valence-electron chi connectivity index (χ4n) is 1.84. The smallest absolute Gasteiger partial charge is 0.194 e. The van der Waals surface area contributed by atoms with E-state index < -0.39 is 0 Å². The molecule has 92 valence electrons. The Hall–Kier alpha value is -2.00. The molecule has 2 rings (SSSR count). The molecule has 0 radical (unpaired) electrons. The number of hydrogen-bond acceptors (Lipinski definition) is 3. The number of rotatable bonds is 4. The van der Waals surface area contributed by atoms with Crippen molar-refractivity contribution in [2.45, 2.75) is 13.3 Å². The molecular weight excluding hydrogens is 224 g/mol. The standard InChI is InChI=1S/C15H16N2O/c1-11-8-14(10-17-9-11)15(18)13-4-2-12(3-5-13)6-7-16/h2-5,8-10H,6-7,16H2,1H3. The molecule has 0 saturated heterocycles. The number of hydrogen-bond donors (Lipinski definition) is 1. The molecule has 3 heteroatoms. The summed E-state index contributed by atoms with van der Waals surface area (Å²) in [5.74, 6) is 0.00509. The maximum atomic E-state index is 12.2. The van der Waals surface area contributed by atoms with E-state index in [0.29, 0.717) is 17.7 Å². The molecule has 2 N–H and O–H groups in total. The predicted molar refractivity (Wildman–Crippen MR) is 71.6 cm³/mol. The summed E-state index contributed by atoms with van der Waals surface area (Å²) in [5.41, 5.74) is 8.94. The first-order chi connectivity index (χ1) is 8.70. The summed E-state index contributed by atoms with van der Waals surface area (Å²) < 4.78 is 0. The van der Waals surface area contributed by atoms with Crippen LogP contribution in [0.25, 0.3) is 0 Å². The number of aryl methyl sites for hydroxylation is 1. The summed E-state index contributed by atoms with van der Waals surface area (Å²) in [6.45, 7) is 2.54. The number of carbonyl (C=O) groups is 1. The third kappa shape index (κ3) is 2.81. The predicted octanol–water partition coefficient (Wildman–Crippen LogP) is 2.12. The molecule has 1 heterocycles. The van der Waals surface area contributed by atoms with Gasteiger partial charge in [0.1, 0.15) is 0 Å². The van der Waals surface area contributed by atoms with Gasteiger partial charge < -0.3 is 5.73 Å². The van der Waals surface area contributed by atoms with E-state index in [4.69, 9.17) is 5.73 Å². The average Bonchev–Trinajstić information content (AvgIpc) is 2.39. The third-order valence-electron chi connectivity index (χ3n) is 2.79. The van der Waals surface area contributed by atoms with Crippen molar-refractivity contribution < 1.29 is 4.79 Å². The van der Waals surface area contributed by atoms with Gasteiger partial charge in [0.05, 0.1) is 0 Å². The maximum Gasteiger partial charge on any atom is 0.194 e. The molecule has 1 aromatic heterocycles. The quantitative estimate of drug-likeness (QED) is 0.833. The zero-order valence-electron chi connectivity index (χ0n) is 10.4. The van der Waals surface area contributed by atoms with Gasteiger partial charge in [-0.2, -0.15) is 0 Å². The Bertz CT molecular complexity index is 547. The van der Waals surface area contributed by atoms with Gasteiger partial charge in [-0.3, -0.25) is 9.78 Å². The summed E-state index contributed by atoms with van der Waals surface area (Å²) in [6.07, 6.45) is 4.17. The Morgan fingerprint density at radius 2 is 1.89 bits per heavy atom. The van der Waals surface area contributed by atoms with Crippen LogP contribution < -0.4 is 5.73 Å². The Morgan fingerprint density at radius 1 is 1.17 bits per heavy atom. The van der Waals surface area contributed by atoms with Crippen molar-refractivity contribution >= 4 is 5.78 Å². The first-order valence-electron chi connectivity index (χ1n) is 5.96. The molecule has 2 aromatic rings. The van der Waals surface area contributed by atoms with Crippen LogP contribution in [0.2, 0.25) is 0 Å². The van der Waals surface area contributed by atoms with Crippen molar-refractivity contribution in [2.75, 3.05) is 6.54 Å². The zero-order valence-corrected chi connectivity index (χ0v) is 10.4. The molecule has 3 nitrogen and oxygen atoms in total. The van der Waals surface area contributed by atoms with Crippen LogP contribution >= 0.6 is 0 Å². The molecule has 0 atom stereocenters. The Labute approximate surface area is 107 Å². The van der Waals surface area contributed by atoms with Gasteiger partial charge in [-0.15, -0.1) is 0 Å². The van der Waals surface area contributed by atoms with Gasteiger partial charge in [0.25, 0.3) is 0 Å². The van der Waals surface area contributed by atoms with Crippen molar-refractivity contribution in [2.24, 2.45) is 5.73 Å². The van der Waals surface area contributed by atoms with Crippen LogP contribution in [0.3, 0.4) is 0 Å². The number of pyridine rings is 1. The second kappa shape index (κ2) is 5.56. The average molecular weight is 240 g/mol. The number of nitrogens with zero attached hydrogens (tertiary/aromatic N) is 1. The second-order valence-corrected chi connectivity index (χ2v) is 4.32. The fraction of sp³-hybridized carbons (Fsp3) is 0.200. The molecule has 1 aromatic carbocycles. The fourth-order valence-corrected chi connectivity index (χ4v) is 1.84. The van der Waals surface area contributed by atoms with Crippen LogP contribution in [0.4, 0.5) is 0 Å². The summed E-state index contributed by atoms with van der Waals surface area (Å²) in [5, 5.41) is 0. The molecule has 0 aliphatic rings. The van der Waals surface area contributed by atoms with E-state index in [1.807, 2.05) is 37.3 Å². The Balaban J connectivity index is 2.23. The summed E-state index contributed by atoms with van der Waals surface area (Å²) in [6, 6.07) is 9.43. The maximum absolute atomic E-state index is 12.2. The molecule has 0 fully saturated rings. The topological polar surface area (TPSA) is 56.0 Å². The van der Waals surface area contributed by atoms with Gasteiger partial charge in [0.2, 0.25) is 0 Å². The van der Waals surface area contributed by atoms with Crippen molar-refractivity contribution in [3.8, 4) is 0 Å². The van der Waals surface area contributed by atoms with Gasteiger partial charge in [-0.25, -0.2) is 0 Å². The summed E-state index contributed by atoms with van der Waals surface area (Å²) in [7, 11) is 0. The van der Waals surface area contributed by atoms with Crippen molar-refractivity contribution in [1.82, 2.24) is 4.98 Å². The number of carbonyl (C=O) groups excluding carboxylic acids is 1. The highest BCUT2D eigenvalue weighted by Crippen LogP contribution is 2.11. The number of benzene rings is 1. The minimum atomic E-state index is 0.00509. The largest absolute Gasteiger partial charge is 0.330 e. The normalized spacial score (nSPS) is 10.3. The lowest BCUT2D eigenvalue weighted by molar-refractivity contribution is 0.103. The molecular formula is C15H16N2O. The molecule has 0 unspecified atom stereocenters. The van der Waals surface area contributed by atoms with Crippen molar-refractivity contribution in [1.29, 1.82) is 0 Å². The lowest BCUT2D eigenvalue weighted by atomic mass is 10.0. The van der Waals surface area contributed by atoms with Crippen LogP contribution in [0.5, 0.6) is 0 Å². The SMILES string of the molecule is Cc1cncc(C(=O)c2ccc(CCN)cc2)c1. The minimum absolute atomic E-state index is 0.00509. The van der Waals surface area contributed by atoms with E-state index in [1.54, 1.807) is 12.4 Å². The van der Waals surface area contributed by atoms with E-state index in [-0.39, 0.29) is 5.78 Å². The van der Waals surface area contributed by atoms with Gasteiger partial charge in [-0.1, -0.05) is 24.3 Å². The Kier molecular flexibility index (Phi) is 3.85. The lowest BCUT2D eigenvalue weighted by Crippen LogP contribution is -2.05. The van der Waals surface area contributed by atoms with Gasteiger partial charge >= 0.3 is 0 Å². The first kappa shape index (κ1) is 12.5. The third-order valence-corrected chi connectivity index (χ3v) is 2.79. The first-order valence-corrected chi connectivity index (χ1v) is 5.96. The number of aromatic nitrogens is 1. The highest BCUT2D eigenvalue weighted by molar-refractivity contribution is 6.08. The molecule has 0 spiro atoms. The molecule has 0 bridgehead atoms.